The van der Waals surface area contributed by atoms with Gasteiger partial charge in [-0.2, -0.15) is 0 Å². The molecule has 1 aliphatic carbocycles. The van der Waals surface area contributed by atoms with Crippen LogP contribution in [0.5, 0.6) is 0 Å². The standard InChI is InChI=1S/C16H33NO/c1-4-7-14(10-11-18)12-17-16-9-6-5-8-15(16)13(2)3/h13-18H,4-12H2,1-3H3. The number of nitrogens with one attached hydrogen (secondary N) is 1. The van der Waals surface area contributed by atoms with Gasteiger partial charge in [0.25, 0.3) is 0 Å². The fraction of sp³-hybridized carbons (Fsp3) is 1.00. The summed E-state index contributed by atoms with van der Waals surface area (Å²) in [5.74, 6) is 2.31. The third-order valence-corrected chi connectivity index (χ3v) is 4.58. The molecule has 2 nitrogen and oxygen atoms in total. The first-order valence-electron chi connectivity index (χ1n) is 8.03. The summed E-state index contributed by atoms with van der Waals surface area (Å²) in [7, 11) is 0. The Morgan fingerprint density at radius 3 is 2.50 bits per heavy atom. The van der Waals surface area contributed by atoms with Gasteiger partial charge in [0.05, 0.1) is 0 Å². The van der Waals surface area contributed by atoms with Crippen LogP contribution in [0.2, 0.25) is 0 Å². The predicted octanol–water partition coefficient (Wildman–Crippen LogP) is 3.59. The van der Waals surface area contributed by atoms with Gasteiger partial charge in [0, 0.05) is 12.6 Å². The number of hydrogen-bond acceptors (Lipinski definition) is 2. The zero-order chi connectivity index (χ0) is 13.4. The third-order valence-electron chi connectivity index (χ3n) is 4.58. The summed E-state index contributed by atoms with van der Waals surface area (Å²) in [6, 6.07) is 0.719. The van der Waals surface area contributed by atoms with Crippen LogP contribution in [0, 0.1) is 17.8 Å². The molecule has 0 radical (unpaired) electrons. The van der Waals surface area contributed by atoms with Gasteiger partial charge in [0.15, 0.2) is 0 Å². The molecule has 0 heterocycles. The van der Waals surface area contributed by atoms with Gasteiger partial charge in [-0.05, 0) is 50.0 Å². The summed E-state index contributed by atoms with van der Waals surface area (Å²) < 4.78 is 0. The summed E-state index contributed by atoms with van der Waals surface area (Å²) in [5.41, 5.74) is 0. The van der Waals surface area contributed by atoms with Crippen molar-refractivity contribution in [2.75, 3.05) is 13.2 Å². The summed E-state index contributed by atoms with van der Waals surface area (Å²) in [5, 5.41) is 12.9. The van der Waals surface area contributed by atoms with E-state index in [1.807, 2.05) is 0 Å². The van der Waals surface area contributed by atoms with E-state index in [9.17, 15) is 0 Å². The molecule has 0 spiro atoms. The molecule has 0 aromatic rings. The molecule has 1 saturated carbocycles. The van der Waals surface area contributed by atoms with Gasteiger partial charge in [-0.25, -0.2) is 0 Å². The smallest absolute Gasteiger partial charge is 0.0434 e. The normalized spacial score (nSPS) is 26.5. The molecule has 1 fully saturated rings. The van der Waals surface area contributed by atoms with E-state index in [1.54, 1.807) is 0 Å². The third kappa shape index (κ3) is 5.27. The first kappa shape index (κ1) is 16.0. The molecular weight excluding hydrogens is 222 g/mol. The van der Waals surface area contributed by atoms with Gasteiger partial charge >= 0.3 is 0 Å². The Morgan fingerprint density at radius 1 is 1.17 bits per heavy atom. The molecule has 108 valence electrons. The quantitative estimate of drug-likeness (QED) is 0.695. The Kier molecular flexibility index (Phi) is 7.92. The number of aliphatic hydroxyl groups is 1. The second-order valence-corrected chi connectivity index (χ2v) is 6.37. The van der Waals surface area contributed by atoms with E-state index < -0.39 is 0 Å². The maximum absolute atomic E-state index is 9.11. The zero-order valence-electron chi connectivity index (χ0n) is 12.6. The Hall–Kier alpha value is -0.0800. The van der Waals surface area contributed by atoms with Crippen LogP contribution in [0.4, 0.5) is 0 Å². The van der Waals surface area contributed by atoms with Crippen molar-refractivity contribution in [1.29, 1.82) is 0 Å². The van der Waals surface area contributed by atoms with Crippen LogP contribution < -0.4 is 5.32 Å². The van der Waals surface area contributed by atoms with E-state index in [2.05, 4.69) is 26.1 Å². The van der Waals surface area contributed by atoms with Crippen LogP contribution >= 0.6 is 0 Å². The van der Waals surface area contributed by atoms with Gasteiger partial charge in [-0.1, -0.05) is 40.0 Å². The Labute approximate surface area is 114 Å². The highest BCUT2D eigenvalue weighted by Crippen LogP contribution is 2.30. The molecule has 1 rings (SSSR count). The number of hydrogen-bond donors (Lipinski definition) is 2. The molecule has 2 heteroatoms. The first-order chi connectivity index (χ1) is 8.69. The fourth-order valence-electron chi connectivity index (χ4n) is 3.47. The van der Waals surface area contributed by atoms with Crippen molar-refractivity contribution in [3.8, 4) is 0 Å². The second kappa shape index (κ2) is 8.92. The lowest BCUT2D eigenvalue weighted by Crippen LogP contribution is -2.43. The average Bonchev–Trinajstić information content (AvgIpc) is 2.36. The molecule has 0 aliphatic heterocycles. The second-order valence-electron chi connectivity index (χ2n) is 6.37. The van der Waals surface area contributed by atoms with Gasteiger partial charge in [0.1, 0.15) is 0 Å². The molecule has 0 aromatic carbocycles. The minimum atomic E-state index is 0.338. The van der Waals surface area contributed by atoms with E-state index >= 15 is 0 Å². The highest BCUT2D eigenvalue weighted by Gasteiger charge is 2.27. The summed E-state index contributed by atoms with van der Waals surface area (Å²) >= 11 is 0. The molecule has 2 N–H and O–H groups in total. The summed E-state index contributed by atoms with van der Waals surface area (Å²) in [6.07, 6.45) is 8.97. The van der Waals surface area contributed by atoms with Crippen molar-refractivity contribution >= 4 is 0 Å². The van der Waals surface area contributed by atoms with Gasteiger partial charge < -0.3 is 10.4 Å². The van der Waals surface area contributed by atoms with E-state index in [4.69, 9.17) is 5.11 Å². The van der Waals surface area contributed by atoms with E-state index in [-0.39, 0.29) is 0 Å². The Morgan fingerprint density at radius 2 is 1.89 bits per heavy atom. The zero-order valence-corrected chi connectivity index (χ0v) is 12.6. The molecule has 0 aromatic heterocycles. The van der Waals surface area contributed by atoms with Crippen molar-refractivity contribution in [2.24, 2.45) is 17.8 Å². The molecule has 1 aliphatic rings. The van der Waals surface area contributed by atoms with Crippen LogP contribution in [-0.4, -0.2) is 24.3 Å². The fourth-order valence-corrected chi connectivity index (χ4v) is 3.47. The minimum Gasteiger partial charge on any atom is -0.396 e. The van der Waals surface area contributed by atoms with E-state index in [1.165, 1.54) is 38.5 Å². The van der Waals surface area contributed by atoms with Crippen LogP contribution in [0.1, 0.15) is 65.7 Å². The van der Waals surface area contributed by atoms with Gasteiger partial charge in [0.2, 0.25) is 0 Å². The molecule has 0 saturated heterocycles. The van der Waals surface area contributed by atoms with Crippen LogP contribution in [-0.2, 0) is 0 Å². The summed E-state index contributed by atoms with van der Waals surface area (Å²) in [6.45, 7) is 8.40. The Bertz CT molecular complexity index is 199. The molecule has 0 amide bonds. The SMILES string of the molecule is CCCC(CCO)CNC1CCCCC1C(C)C. The largest absolute Gasteiger partial charge is 0.396 e. The van der Waals surface area contributed by atoms with Crippen molar-refractivity contribution in [3.63, 3.8) is 0 Å². The maximum Gasteiger partial charge on any atom is 0.0434 e. The minimum absolute atomic E-state index is 0.338. The summed E-state index contributed by atoms with van der Waals surface area (Å²) in [4.78, 5) is 0. The van der Waals surface area contributed by atoms with Gasteiger partial charge in [-0.15, -0.1) is 0 Å². The topological polar surface area (TPSA) is 32.3 Å². The number of aliphatic hydroxyl groups excluding tert-OH is 1. The molecular formula is C16H33NO. The van der Waals surface area contributed by atoms with Crippen LogP contribution in [0.25, 0.3) is 0 Å². The van der Waals surface area contributed by atoms with E-state index in [0.29, 0.717) is 12.5 Å². The first-order valence-corrected chi connectivity index (χ1v) is 8.03. The molecule has 3 atom stereocenters. The van der Waals surface area contributed by atoms with Crippen molar-refractivity contribution in [3.05, 3.63) is 0 Å². The Balaban J connectivity index is 2.38. The maximum atomic E-state index is 9.11. The van der Waals surface area contributed by atoms with Gasteiger partial charge in [-0.3, -0.25) is 0 Å². The van der Waals surface area contributed by atoms with E-state index in [0.717, 1.165) is 30.8 Å². The molecule has 18 heavy (non-hydrogen) atoms. The lowest BCUT2D eigenvalue weighted by molar-refractivity contribution is 0.189. The van der Waals surface area contributed by atoms with Crippen LogP contribution in [0.15, 0.2) is 0 Å². The monoisotopic (exact) mass is 255 g/mol. The highest BCUT2D eigenvalue weighted by molar-refractivity contribution is 4.83. The molecule has 0 bridgehead atoms. The number of rotatable bonds is 8. The van der Waals surface area contributed by atoms with Crippen molar-refractivity contribution < 1.29 is 5.11 Å². The van der Waals surface area contributed by atoms with Crippen LogP contribution in [0.3, 0.4) is 0 Å². The average molecular weight is 255 g/mol. The highest BCUT2D eigenvalue weighted by atomic mass is 16.3. The lowest BCUT2D eigenvalue weighted by Gasteiger charge is -2.36. The molecule has 3 unspecified atom stereocenters. The van der Waals surface area contributed by atoms with Crippen molar-refractivity contribution in [2.45, 2.75) is 71.8 Å². The van der Waals surface area contributed by atoms with Crippen molar-refractivity contribution in [1.82, 2.24) is 5.32 Å². The predicted molar refractivity (Wildman–Crippen MR) is 78.7 cm³/mol. The lowest BCUT2D eigenvalue weighted by atomic mass is 9.77.